The fraction of sp³-hybridized carbons (Fsp3) is 0.429. The van der Waals surface area contributed by atoms with Gasteiger partial charge in [0.2, 0.25) is 5.91 Å². The van der Waals surface area contributed by atoms with Gasteiger partial charge < -0.3 is 10.4 Å². The van der Waals surface area contributed by atoms with Crippen LogP contribution in [0.2, 0.25) is 5.02 Å². The molecule has 1 fully saturated rings. The summed E-state index contributed by atoms with van der Waals surface area (Å²) in [6.07, 6.45) is -3.89. The summed E-state index contributed by atoms with van der Waals surface area (Å²) in [6.45, 7) is 1.28. The predicted molar refractivity (Wildman–Crippen MR) is 72.6 cm³/mol. The molecule has 1 amide bonds. The van der Waals surface area contributed by atoms with Gasteiger partial charge in [-0.25, -0.2) is 0 Å². The molecule has 1 aromatic carbocycles. The summed E-state index contributed by atoms with van der Waals surface area (Å²) in [6, 6.07) is 1.68. The molecule has 2 rings (SSSR count). The molecule has 1 atom stereocenters. The largest absolute Gasteiger partial charge is 0.480 e. The third-order valence-electron chi connectivity index (χ3n) is 3.71. The van der Waals surface area contributed by atoms with E-state index >= 15 is 0 Å². The fourth-order valence-electron chi connectivity index (χ4n) is 2.21. The molecule has 0 aromatic heterocycles. The van der Waals surface area contributed by atoms with Crippen molar-refractivity contribution in [2.75, 3.05) is 0 Å². The van der Waals surface area contributed by atoms with E-state index in [2.05, 4.69) is 5.32 Å². The van der Waals surface area contributed by atoms with Gasteiger partial charge in [-0.05, 0) is 43.5 Å². The molecule has 4 nitrogen and oxygen atoms in total. The molecule has 1 unspecified atom stereocenters. The Hall–Kier alpha value is -1.76. The van der Waals surface area contributed by atoms with Gasteiger partial charge in [-0.1, -0.05) is 11.6 Å². The average molecular weight is 336 g/mol. The van der Waals surface area contributed by atoms with Crippen LogP contribution in [0.1, 0.15) is 30.9 Å². The molecule has 120 valence electrons. The zero-order valence-electron chi connectivity index (χ0n) is 11.5. The van der Waals surface area contributed by atoms with Crippen LogP contribution in [0, 0.1) is 0 Å². The summed E-state index contributed by atoms with van der Waals surface area (Å²) >= 11 is 5.95. The Morgan fingerprint density at radius 1 is 1.36 bits per heavy atom. The van der Waals surface area contributed by atoms with Crippen molar-refractivity contribution >= 4 is 23.5 Å². The maximum absolute atomic E-state index is 12.8. The summed E-state index contributed by atoms with van der Waals surface area (Å²) < 4.78 is 38.4. The predicted octanol–water partition coefficient (Wildman–Crippen LogP) is 2.98. The lowest BCUT2D eigenvalue weighted by atomic mass is 9.92. The number of rotatable bonds is 4. The second kappa shape index (κ2) is 5.46. The number of carbonyl (C=O) groups is 2. The molecule has 1 aromatic rings. The molecule has 1 aliphatic carbocycles. The molecule has 0 spiro atoms. The van der Waals surface area contributed by atoms with Gasteiger partial charge in [-0.3, -0.25) is 9.59 Å². The second-order valence-corrected chi connectivity index (χ2v) is 5.72. The van der Waals surface area contributed by atoms with Crippen molar-refractivity contribution in [3.63, 3.8) is 0 Å². The van der Waals surface area contributed by atoms with E-state index in [-0.39, 0.29) is 10.6 Å². The molecule has 1 saturated carbocycles. The standard InChI is InChI=1S/C14H13ClF3NO3/c1-7(11(20)21)19-12(22)13(4-5-13)9-6-8(14(16,17)18)2-3-10(9)15/h2-3,6-7H,4-5H2,1H3,(H,19,22)(H,20,21). The highest BCUT2D eigenvalue weighted by Gasteiger charge is 2.53. The van der Waals surface area contributed by atoms with E-state index in [0.717, 1.165) is 18.2 Å². The summed E-state index contributed by atoms with van der Waals surface area (Å²) in [7, 11) is 0. The Kier molecular flexibility index (Phi) is 4.12. The lowest BCUT2D eigenvalue weighted by molar-refractivity contribution is -0.141. The van der Waals surface area contributed by atoms with Crippen LogP contribution < -0.4 is 5.32 Å². The van der Waals surface area contributed by atoms with Crippen molar-refractivity contribution in [1.29, 1.82) is 0 Å². The van der Waals surface area contributed by atoms with Gasteiger partial charge in [0.05, 0.1) is 11.0 Å². The number of aliphatic carboxylic acids is 1. The first-order valence-corrected chi connectivity index (χ1v) is 6.87. The van der Waals surface area contributed by atoms with E-state index in [4.69, 9.17) is 16.7 Å². The number of carboxylic acids is 1. The van der Waals surface area contributed by atoms with Crippen LogP contribution in [0.5, 0.6) is 0 Å². The van der Waals surface area contributed by atoms with Gasteiger partial charge in [0.15, 0.2) is 0 Å². The molecule has 22 heavy (non-hydrogen) atoms. The summed E-state index contributed by atoms with van der Waals surface area (Å²) in [5.74, 6) is -1.84. The summed E-state index contributed by atoms with van der Waals surface area (Å²) in [5.41, 5.74) is -1.99. The van der Waals surface area contributed by atoms with Gasteiger partial charge >= 0.3 is 12.1 Å². The minimum absolute atomic E-state index is 0.0589. The first-order valence-electron chi connectivity index (χ1n) is 6.49. The van der Waals surface area contributed by atoms with Gasteiger partial charge in [0.25, 0.3) is 0 Å². The van der Waals surface area contributed by atoms with Crippen LogP contribution in [-0.2, 0) is 21.2 Å². The van der Waals surface area contributed by atoms with Crippen LogP contribution >= 0.6 is 11.6 Å². The quantitative estimate of drug-likeness (QED) is 0.889. The number of hydrogen-bond acceptors (Lipinski definition) is 2. The molecule has 0 bridgehead atoms. The summed E-state index contributed by atoms with van der Waals surface area (Å²) in [4.78, 5) is 23.0. The Morgan fingerprint density at radius 2 is 1.95 bits per heavy atom. The topological polar surface area (TPSA) is 66.4 Å². The van der Waals surface area contributed by atoms with Crippen LogP contribution in [0.3, 0.4) is 0 Å². The van der Waals surface area contributed by atoms with Crippen LogP contribution in [0.4, 0.5) is 13.2 Å². The monoisotopic (exact) mass is 335 g/mol. The number of nitrogens with one attached hydrogen (secondary N) is 1. The minimum atomic E-state index is -4.54. The fourth-order valence-corrected chi connectivity index (χ4v) is 2.51. The zero-order valence-corrected chi connectivity index (χ0v) is 12.3. The van der Waals surface area contributed by atoms with Crippen molar-refractivity contribution in [3.8, 4) is 0 Å². The molecule has 0 radical (unpaired) electrons. The number of amides is 1. The summed E-state index contributed by atoms with van der Waals surface area (Å²) in [5, 5.41) is 11.1. The molecule has 0 saturated heterocycles. The SMILES string of the molecule is CC(NC(=O)C1(c2cc(C(F)(F)F)ccc2Cl)CC1)C(=O)O. The van der Waals surface area contributed by atoms with Crippen molar-refractivity contribution in [1.82, 2.24) is 5.32 Å². The number of hydrogen-bond donors (Lipinski definition) is 2. The van der Waals surface area contributed by atoms with E-state index < -0.39 is 35.1 Å². The highest BCUT2D eigenvalue weighted by Crippen LogP contribution is 2.51. The molecular formula is C14H13ClF3NO3. The van der Waals surface area contributed by atoms with Gasteiger partial charge in [0, 0.05) is 5.02 Å². The smallest absolute Gasteiger partial charge is 0.416 e. The Bertz CT molecular complexity index is 626. The lowest BCUT2D eigenvalue weighted by Gasteiger charge is -2.20. The van der Waals surface area contributed by atoms with Crippen molar-refractivity contribution in [2.45, 2.75) is 37.4 Å². The highest BCUT2D eigenvalue weighted by atomic mass is 35.5. The zero-order chi connectivity index (χ0) is 16.7. The Labute approximate surface area is 129 Å². The third kappa shape index (κ3) is 3.04. The van der Waals surface area contributed by atoms with Crippen LogP contribution in [0.15, 0.2) is 18.2 Å². The molecular weight excluding hydrogens is 323 g/mol. The van der Waals surface area contributed by atoms with Gasteiger partial charge in [-0.15, -0.1) is 0 Å². The maximum Gasteiger partial charge on any atom is 0.416 e. The number of carboxylic acid groups (broad SMARTS) is 1. The van der Waals surface area contributed by atoms with E-state index in [1.54, 1.807) is 0 Å². The first kappa shape index (κ1) is 16.6. The van der Waals surface area contributed by atoms with Crippen LogP contribution in [0.25, 0.3) is 0 Å². The lowest BCUT2D eigenvalue weighted by Crippen LogP contribution is -2.44. The third-order valence-corrected chi connectivity index (χ3v) is 4.04. The molecule has 2 N–H and O–H groups in total. The van der Waals surface area contributed by atoms with Crippen molar-refractivity contribution in [3.05, 3.63) is 34.3 Å². The van der Waals surface area contributed by atoms with E-state index in [1.807, 2.05) is 0 Å². The number of benzene rings is 1. The van der Waals surface area contributed by atoms with Crippen molar-refractivity contribution in [2.24, 2.45) is 0 Å². The minimum Gasteiger partial charge on any atom is -0.480 e. The average Bonchev–Trinajstić information content (AvgIpc) is 3.19. The van der Waals surface area contributed by atoms with Gasteiger partial charge in [-0.2, -0.15) is 13.2 Å². The molecule has 1 aliphatic rings. The van der Waals surface area contributed by atoms with Gasteiger partial charge in [0.1, 0.15) is 6.04 Å². The van der Waals surface area contributed by atoms with E-state index in [9.17, 15) is 22.8 Å². The molecule has 0 heterocycles. The number of alkyl halides is 3. The molecule has 8 heteroatoms. The van der Waals surface area contributed by atoms with Crippen molar-refractivity contribution < 1.29 is 27.9 Å². The number of carbonyl (C=O) groups excluding carboxylic acids is 1. The van der Waals surface area contributed by atoms with E-state index in [1.165, 1.54) is 6.92 Å². The maximum atomic E-state index is 12.8. The number of halogens is 4. The molecule has 0 aliphatic heterocycles. The Morgan fingerprint density at radius 3 is 2.41 bits per heavy atom. The highest BCUT2D eigenvalue weighted by molar-refractivity contribution is 6.32. The first-order chi connectivity index (χ1) is 10.1. The Balaban J connectivity index is 2.34. The second-order valence-electron chi connectivity index (χ2n) is 5.31. The van der Waals surface area contributed by atoms with Crippen LogP contribution in [-0.4, -0.2) is 23.0 Å². The normalized spacial score (nSPS) is 17.7. The van der Waals surface area contributed by atoms with E-state index in [0.29, 0.717) is 12.8 Å².